The molecule has 0 aromatic heterocycles. The molecule has 1 aliphatic rings. The lowest BCUT2D eigenvalue weighted by atomic mass is 9.77. The quantitative estimate of drug-likeness (QED) is 0.489. The molecule has 0 radical (unpaired) electrons. The van der Waals surface area contributed by atoms with Gasteiger partial charge < -0.3 is 4.74 Å². The maximum absolute atomic E-state index is 14.1. The van der Waals surface area contributed by atoms with Crippen LogP contribution in [-0.4, -0.2) is 6.61 Å². The zero-order chi connectivity index (χ0) is 16.7. The van der Waals surface area contributed by atoms with Crippen LogP contribution in [0.3, 0.4) is 0 Å². The van der Waals surface area contributed by atoms with Crippen molar-refractivity contribution in [2.45, 2.75) is 77.6 Å². The van der Waals surface area contributed by atoms with Crippen molar-refractivity contribution in [2.75, 3.05) is 6.61 Å². The van der Waals surface area contributed by atoms with Gasteiger partial charge in [0.2, 0.25) is 0 Å². The Balaban J connectivity index is 1.93. The van der Waals surface area contributed by atoms with Gasteiger partial charge >= 0.3 is 0 Å². The molecule has 23 heavy (non-hydrogen) atoms. The normalized spacial score (nSPS) is 21.4. The Hall–Kier alpha value is -1.12. The van der Waals surface area contributed by atoms with Crippen LogP contribution in [0, 0.1) is 17.6 Å². The fourth-order valence-corrected chi connectivity index (χ4v) is 3.62. The Morgan fingerprint density at radius 2 is 1.61 bits per heavy atom. The van der Waals surface area contributed by atoms with Crippen molar-refractivity contribution in [3.8, 4) is 5.75 Å². The molecule has 0 unspecified atom stereocenters. The lowest BCUT2D eigenvalue weighted by molar-refractivity contribution is 0.281. The number of ether oxygens (including phenoxy) is 1. The summed E-state index contributed by atoms with van der Waals surface area (Å²) < 4.78 is 33.4. The molecule has 0 aliphatic heterocycles. The first kappa shape index (κ1) is 18.2. The van der Waals surface area contributed by atoms with E-state index in [1.807, 2.05) is 6.92 Å². The van der Waals surface area contributed by atoms with E-state index in [0.717, 1.165) is 30.7 Å². The second-order valence-corrected chi connectivity index (χ2v) is 6.88. The van der Waals surface area contributed by atoms with Gasteiger partial charge in [-0.25, -0.2) is 8.78 Å². The molecule has 1 aromatic rings. The Bertz CT molecular complexity index is 456. The summed E-state index contributed by atoms with van der Waals surface area (Å²) in [5.74, 6) is -0.234. The summed E-state index contributed by atoms with van der Waals surface area (Å²) in [6, 6.07) is 2.96. The predicted molar refractivity (Wildman–Crippen MR) is 91.0 cm³/mol. The van der Waals surface area contributed by atoms with Gasteiger partial charge in [-0.3, -0.25) is 0 Å². The van der Waals surface area contributed by atoms with Gasteiger partial charge in [0.05, 0.1) is 6.61 Å². The molecule has 0 atom stereocenters. The maximum Gasteiger partial charge on any atom is 0.190 e. The summed E-state index contributed by atoms with van der Waals surface area (Å²) in [6.07, 6.45) is 10.4. The molecule has 0 spiro atoms. The number of halogens is 2. The number of hydrogen-bond acceptors (Lipinski definition) is 1. The van der Waals surface area contributed by atoms with Crippen molar-refractivity contribution in [1.29, 1.82) is 0 Å². The third kappa shape index (κ3) is 5.19. The van der Waals surface area contributed by atoms with E-state index in [2.05, 4.69) is 6.92 Å². The molecule has 0 N–H and O–H groups in total. The molecule has 1 fully saturated rings. The van der Waals surface area contributed by atoms with Crippen molar-refractivity contribution >= 4 is 0 Å². The van der Waals surface area contributed by atoms with Crippen LogP contribution < -0.4 is 4.74 Å². The lowest BCUT2D eigenvalue weighted by Crippen LogP contribution is -2.14. The van der Waals surface area contributed by atoms with E-state index in [4.69, 9.17) is 4.74 Å². The molecule has 2 rings (SSSR count). The van der Waals surface area contributed by atoms with Crippen LogP contribution in [0.1, 0.15) is 83.1 Å². The highest BCUT2D eigenvalue weighted by Gasteiger charge is 2.24. The second-order valence-electron chi connectivity index (χ2n) is 6.88. The van der Waals surface area contributed by atoms with Gasteiger partial charge in [-0.15, -0.1) is 0 Å². The summed E-state index contributed by atoms with van der Waals surface area (Å²) in [5, 5.41) is 0. The van der Waals surface area contributed by atoms with Gasteiger partial charge in [-0.05, 0) is 61.6 Å². The Labute approximate surface area is 139 Å². The van der Waals surface area contributed by atoms with Crippen molar-refractivity contribution in [3.63, 3.8) is 0 Å². The maximum atomic E-state index is 14.1. The standard InChI is InChI=1S/C20H30F2O/c1-3-5-6-7-15-8-10-16(11-9-15)17-13-18(21)20(19(22)14-17)23-12-4-2/h13-16H,3-12H2,1-2H3/t15-,16-. The Kier molecular flexibility index (Phi) is 7.32. The van der Waals surface area contributed by atoms with Crippen molar-refractivity contribution in [1.82, 2.24) is 0 Å². The average Bonchev–Trinajstić information content (AvgIpc) is 2.55. The predicted octanol–water partition coefficient (Wildman–Crippen LogP) is 6.61. The minimum Gasteiger partial charge on any atom is -0.488 e. The smallest absolute Gasteiger partial charge is 0.190 e. The molecule has 0 bridgehead atoms. The van der Waals surface area contributed by atoms with Gasteiger partial charge in [0.25, 0.3) is 0 Å². The minimum atomic E-state index is -0.557. The van der Waals surface area contributed by atoms with E-state index in [9.17, 15) is 8.78 Å². The highest BCUT2D eigenvalue weighted by molar-refractivity contribution is 5.33. The van der Waals surface area contributed by atoms with E-state index < -0.39 is 11.6 Å². The SMILES string of the molecule is CCCCC[C@H]1CC[C@H](c2cc(F)c(OCCC)c(F)c2)CC1. The Morgan fingerprint density at radius 1 is 0.957 bits per heavy atom. The molecular weight excluding hydrogens is 294 g/mol. The van der Waals surface area contributed by atoms with Crippen LogP contribution in [0.15, 0.2) is 12.1 Å². The summed E-state index contributed by atoms with van der Waals surface area (Å²) in [4.78, 5) is 0. The van der Waals surface area contributed by atoms with Gasteiger partial charge in [-0.1, -0.05) is 39.5 Å². The first-order valence-corrected chi connectivity index (χ1v) is 9.27. The van der Waals surface area contributed by atoms with Crippen LogP contribution >= 0.6 is 0 Å². The lowest BCUT2D eigenvalue weighted by Gasteiger charge is -2.29. The van der Waals surface area contributed by atoms with E-state index in [1.54, 1.807) is 0 Å². The Morgan fingerprint density at radius 3 is 2.17 bits per heavy atom. The van der Waals surface area contributed by atoms with Crippen LogP contribution in [0.5, 0.6) is 5.75 Å². The van der Waals surface area contributed by atoms with Crippen molar-refractivity contribution in [3.05, 3.63) is 29.3 Å². The average molecular weight is 324 g/mol. The molecule has 3 heteroatoms. The first-order valence-electron chi connectivity index (χ1n) is 9.27. The monoisotopic (exact) mass is 324 g/mol. The number of benzene rings is 1. The molecular formula is C20H30F2O. The number of hydrogen-bond donors (Lipinski definition) is 0. The third-order valence-corrected chi connectivity index (χ3v) is 5.01. The van der Waals surface area contributed by atoms with E-state index >= 15 is 0 Å². The zero-order valence-electron chi connectivity index (χ0n) is 14.5. The summed E-state index contributed by atoms with van der Waals surface area (Å²) >= 11 is 0. The topological polar surface area (TPSA) is 9.23 Å². The van der Waals surface area contributed by atoms with E-state index in [1.165, 1.54) is 50.7 Å². The fourth-order valence-electron chi connectivity index (χ4n) is 3.62. The molecule has 1 nitrogen and oxygen atoms in total. The second kappa shape index (κ2) is 9.24. The zero-order valence-corrected chi connectivity index (χ0v) is 14.5. The van der Waals surface area contributed by atoms with Crippen LogP contribution in [0.25, 0.3) is 0 Å². The van der Waals surface area contributed by atoms with Gasteiger partial charge in [-0.2, -0.15) is 0 Å². The molecule has 1 saturated carbocycles. The molecule has 130 valence electrons. The molecule has 1 aliphatic carbocycles. The van der Waals surface area contributed by atoms with Crippen LogP contribution in [0.4, 0.5) is 8.78 Å². The number of rotatable bonds is 8. The van der Waals surface area contributed by atoms with Gasteiger partial charge in [0, 0.05) is 0 Å². The minimum absolute atomic E-state index is 0.219. The molecule has 0 saturated heterocycles. The highest BCUT2D eigenvalue weighted by Crippen LogP contribution is 2.39. The highest BCUT2D eigenvalue weighted by atomic mass is 19.1. The summed E-state index contributed by atoms with van der Waals surface area (Å²) in [5.41, 5.74) is 0.802. The van der Waals surface area contributed by atoms with Gasteiger partial charge in [0.1, 0.15) is 0 Å². The summed E-state index contributed by atoms with van der Waals surface area (Å²) in [7, 11) is 0. The van der Waals surface area contributed by atoms with Gasteiger partial charge in [0.15, 0.2) is 17.4 Å². The summed E-state index contributed by atoms with van der Waals surface area (Å²) in [6.45, 7) is 4.49. The van der Waals surface area contributed by atoms with Crippen molar-refractivity contribution < 1.29 is 13.5 Å². The van der Waals surface area contributed by atoms with E-state index in [0.29, 0.717) is 12.5 Å². The van der Waals surface area contributed by atoms with Crippen molar-refractivity contribution in [2.24, 2.45) is 5.92 Å². The molecule has 1 aromatic carbocycles. The number of unbranched alkanes of at least 4 members (excludes halogenated alkanes) is 2. The van der Waals surface area contributed by atoms with Crippen LogP contribution in [-0.2, 0) is 0 Å². The first-order chi connectivity index (χ1) is 11.2. The van der Waals surface area contributed by atoms with Crippen LogP contribution in [0.2, 0.25) is 0 Å². The largest absolute Gasteiger partial charge is 0.488 e. The molecule has 0 amide bonds. The molecule has 0 heterocycles. The third-order valence-electron chi connectivity index (χ3n) is 5.01. The fraction of sp³-hybridized carbons (Fsp3) is 0.700. The van der Waals surface area contributed by atoms with E-state index in [-0.39, 0.29) is 5.75 Å².